The van der Waals surface area contributed by atoms with Crippen molar-refractivity contribution in [3.8, 4) is 0 Å². The molecule has 1 aromatic rings. The second-order valence-corrected chi connectivity index (χ2v) is 6.25. The Balaban J connectivity index is 1.94. The van der Waals surface area contributed by atoms with Crippen LogP contribution in [0.3, 0.4) is 0 Å². The second kappa shape index (κ2) is 5.31. The standard InChI is InChI=1S/C14H24N4O/c1-10(2)18-12(16-9-17-18)8-15-13(19)14(3,4)11-6-5-7-11/h9-11H,5-8H2,1-4H3,(H,15,19). The lowest BCUT2D eigenvalue weighted by molar-refractivity contribution is -0.134. The molecule has 0 radical (unpaired) electrons. The Morgan fingerprint density at radius 3 is 2.74 bits per heavy atom. The molecule has 1 amide bonds. The van der Waals surface area contributed by atoms with Gasteiger partial charge in [-0.15, -0.1) is 0 Å². The summed E-state index contributed by atoms with van der Waals surface area (Å²) in [5, 5.41) is 7.18. The van der Waals surface area contributed by atoms with Gasteiger partial charge < -0.3 is 5.32 Å². The molecule has 0 spiro atoms. The van der Waals surface area contributed by atoms with Gasteiger partial charge in [0.05, 0.1) is 6.54 Å². The van der Waals surface area contributed by atoms with Crippen molar-refractivity contribution in [1.82, 2.24) is 20.1 Å². The number of carbonyl (C=O) groups excluding carboxylic acids is 1. The van der Waals surface area contributed by atoms with Crippen LogP contribution in [0.5, 0.6) is 0 Å². The van der Waals surface area contributed by atoms with Gasteiger partial charge in [-0.05, 0) is 32.6 Å². The van der Waals surface area contributed by atoms with E-state index in [1.54, 1.807) is 6.33 Å². The van der Waals surface area contributed by atoms with Crippen molar-refractivity contribution < 1.29 is 4.79 Å². The molecule has 0 unspecified atom stereocenters. The summed E-state index contributed by atoms with van der Waals surface area (Å²) in [7, 11) is 0. The summed E-state index contributed by atoms with van der Waals surface area (Å²) in [5.41, 5.74) is -0.277. The predicted molar refractivity (Wildman–Crippen MR) is 73.4 cm³/mol. The summed E-state index contributed by atoms with van der Waals surface area (Å²) in [6, 6.07) is 0.258. The molecule has 1 aliphatic carbocycles. The Kier molecular flexibility index (Phi) is 3.92. The maximum Gasteiger partial charge on any atom is 0.226 e. The SMILES string of the molecule is CC(C)n1ncnc1CNC(=O)C(C)(C)C1CCC1. The van der Waals surface area contributed by atoms with Gasteiger partial charge in [-0.1, -0.05) is 20.3 Å². The van der Waals surface area contributed by atoms with E-state index in [4.69, 9.17) is 0 Å². The van der Waals surface area contributed by atoms with Gasteiger partial charge in [0.2, 0.25) is 5.91 Å². The monoisotopic (exact) mass is 264 g/mol. The molecule has 5 heteroatoms. The van der Waals surface area contributed by atoms with Crippen LogP contribution in [-0.2, 0) is 11.3 Å². The number of aromatic nitrogens is 3. The highest BCUT2D eigenvalue weighted by Gasteiger charge is 2.39. The molecule has 2 rings (SSSR count). The third kappa shape index (κ3) is 2.80. The summed E-state index contributed by atoms with van der Waals surface area (Å²) in [6.45, 7) is 8.64. The third-order valence-electron chi connectivity index (χ3n) is 4.25. The molecule has 1 fully saturated rings. The first-order chi connectivity index (χ1) is 8.93. The van der Waals surface area contributed by atoms with Crippen molar-refractivity contribution in [3.05, 3.63) is 12.2 Å². The fraction of sp³-hybridized carbons (Fsp3) is 0.786. The van der Waals surface area contributed by atoms with E-state index in [0.717, 1.165) is 5.82 Å². The minimum Gasteiger partial charge on any atom is -0.348 e. The van der Waals surface area contributed by atoms with Crippen LogP contribution in [0.4, 0.5) is 0 Å². The molecule has 106 valence electrons. The van der Waals surface area contributed by atoms with E-state index in [1.807, 2.05) is 18.5 Å². The van der Waals surface area contributed by atoms with Gasteiger partial charge in [0.25, 0.3) is 0 Å². The van der Waals surface area contributed by atoms with Crippen molar-refractivity contribution >= 4 is 5.91 Å². The summed E-state index contributed by atoms with van der Waals surface area (Å²) in [4.78, 5) is 16.5. The van der Waals surface area contributed by atoms with Crippen molar-refractivity contribution in [2.75, 3.05) is 0 Å². The Morgan fingerprint density at radius 1 is 1.53 bits per heavy atom. The molecule has 1 aromatic heterocycles. The maximum absolute atomic E-state index is 12.3. The number of hydrogen-bond donors (Lipinski definition) is 1. The van der Waals surface area contributed by atoms with Crippen LogP contribution in [0.25, 0.3) is 0 Å². The van der Waals surface area contributed by atoms with E-state index in [2.05, 4.69) is 29.2 Å². The van der Waals surface area contributed by atoms with Crippen molar-refractivity contribution in [1.29, 1.82) is 0 Å². The quantitative estimate of drug-likeness (QED) is 0.887. The number of amides is 1. The van der Waals surface area contributed by atoms with Gasteiger partial charge in [0.15, 0.2) is 0 Å². The summed E-state index contributed by atoms with van der Waals surface area (Å²) in [5.74, 6) is 1.46. The molecule has 1 saturated carbocycles. The number of rotatable bonds is 5. The van der Waals surface area contributed by atoms with Gasteiger partial charge in [-0.3, -0.25) is 4.79 Å². The van der Waals surface area contributed by atoms with E-state index in [9.17, 15) is 4.79 Å². The molecule has 0 saturated heterocycles. The predicted octanol–water partition coefficient (Wildman–Crippen LogP) is 2.30. The third-order valence-corrected chi connectivity index (χ3v) is 4.25. The fourth-order valence-electron chi connectivity index (χ4n) is 2.53. The smallest absolute Gasteiger partial charge is 0.226 e. The van der Waals surface area contributed by atoms with Crippen molar-refractivity contribution in [3.63, 3.8) is 0 Å². The molecule has 1 aliphatic rings. The summed E-state index contributed by atoms with van der Waals surface area (Å²) < 4.78 is 1.84. The van der Waals surface area contributed by atoms with Crippen LogP contribution >= 0.6 is 0 Å². The first kappa shape index (κ1) is 14.0. The molecule has 1 heterocycles. The molecule has 0 aromatic carbocycles. The minimum atomic E-state index is -0.277. The van der Waals surface area contributed by atoms with Crippen LogP contribution in [0.1, 0.15) is 58.8 Å². The number of nitrogens with one attached hydrogen (secondary N) is 1. The number of nitrogens with zero attached hydrogens (tertiary/aromatic N) is 3. The summed E-state index contributed by atoms with van der Waals surface area (Å²) >= 11 is 0. The van der Waals surface area contributed by atoms with Crippen LogP contribution in [0.2, 0.25) is 0 Å². The average Bonchev–Trinajstić information content (AvgIpc) is 2.70. The van der Waals surface area contributed by atoms with Crippen LogP contribution < -0.4 is 5.32 Å². The van der Waals surface area contributed by atoms with Gasteiger partial charge in [-0.25, -0.2) is 9.67 Å². The largest absolute Gasteiger partial charge is 0.348 e. The zero-order valence-corrected chi connectivity index (χ0v) is 12.3. The first-order valence-electron chi connectivity index (χ1n) is 7.09. The second-order valence-electron chi connectivity index (χ2n) is 6.25. The van der Waals surface area contributed by atoms with Crippen LogP contribution in [0.15, 0.2) is 6.33 Å². The Bertz CT molecular complexity index is 446. The molecule has 0 bridgehead atoms. The topological polar surface area (TPSA) is 59.8 Å². The van der Waals surface area contributed by atoms with Gasteiger partial charge >= 0.3 is 0 Å². The highest BCUT2D eigenvalue weighted by molar-refractivity contribution is 5.82. The van der Waals surface area contributed by atoms with Gasteiger partial charge in [0, 0.05) is 11.5 Å². The molecule has 19 heavy (non-hydrogen) atoms. The first-order valence-corrected chi connectivity index (χ1v) is 7.09. The normalized spacial score (nSPS) is 16.5. The maximum atomic E-state index is 12.3. The fourth-order valence-corrected chi connectivity index (χ4v) is 2.53. The number of hydrogen-bond acceptors (Lipinski definition) is 3. The average molecular weight is 264 g/mol. The highest BCUT2D eigenvalue weighted by Crippen LogP contribution is 2.41. The number of carbonyl (C=O) groups is 1. The van der Waals surface area contributed by atoms with E-state index in [1.165, 1.54) is 19.3 Å². The van der Waals surface area contributed by atoms with E-state index >= 15 is 0 Å². The van der Waals surface area contributed by atoms with Gasteiger partial charge in [-0.2, -0.15) is 5.10 Å². The van der Waals surface area contributed by atoms with Crippen LogP contribution in [-0.4, -0.2) is 20.7 Å². The minimum absolute atomic E-state index is 0.121. The lowest BCUT2D eigenvalue weighted by atomic mass is 9.67. The molecular weight excluding hydrogens is 240 g/mol. The summed E-state index contributed by atoms with van der Waals surface area (Å²) in [6.07, 6.45) is 5.13. The molecule has 0 atom stereocenters. The molecule has 1 N–H and O–H groups in total. The zero-order valence-electron chi connectivity index (χ0n) is 12.3. The molecule has 0 aliphatic heterocycles. The lowest BCUT2D eigenvalue weighted by Crippen LogP contribution is -2.44. The zero-order chi connectivity index (χ0) is 14.0. The Morgan fingerprint density at radius 2 is 2.21 bits per heavy atom. The van der Waals surface area contributed by atoms with Gasteiger partial charge in [0.1, 0.15) is 12.2 Å². The van der Waals surface area contributed by atoms with E-state index in [-0.39, 0.29) is 17.4 Å². The van der Waals surface area contributed by atoms with E-state index < -0.39 is 0 Å². The Labute approximate surface area is 114 Å². The molecule has 5 nitrogen and oxygen atoms in total. The van der Waals surface area contributed by atoms with Crippen molar-refractivity contribution in [2.45, 2.75) is 59.5 Å². The Hall–Kier alpha value is -1.39. The van der Waals surface area contributed by atoms with E-state index in [0.29, 0.717) is 12.5 Å². The van der Waals surface area contributed by atoms with Crippen molar-refractivity contribution in [2.24, 2.45) is 11.3 Å². The highest BCUT2D eigenvalue weighted by atomic mass is 16.2. The van der Waals surface area contributed by atoms with Crippen LogP contribution in [0, 0.1) is 11.3 Å². The molecular formula is C14H24N4O. The lowest BCUT2D eigenvalue weighted by Gasteiger charge is -2.39.